The zero-order chi connectivity index (χ0) is 10.9. The number of benzene rings is 1. The standard InChI is InChI=1S/C12H16BrNS/c1-15-10-5-2-4-9(13)11(10)12(8-14)6-3-7-12/h2,4-5H,3,6-8,14H2,1H3. The van der Waals surface area contributed by atoms with Crippen LogP contribution in [0.25, 0.3) is 0 Å². The van der Waals surface area contributed by atoms with Gasteiger partial charge in [-0.1, -0.05) is 28.4 Å². The fourth-order valence-electron chi connectivity index (χ4n) is 2.35. The summed E-state index contributed by atoms with van der Waals surface area (Å²) >= 11 is 5.49. The Morgan fingerprint density at radius 3 is 2.67 bits per heavy atom. The first-order chi connectivity index (χ1) is 7.23. The third-order valence-corrected chi connectivity index (χ3v) is 4.87. The van der Waals surface area contributed by atoms with Gasteiger partial charge in [-0.25, -0.2) is 0 Å². The lowest BCUT2D eigenvalue weighted by atomic mass is 9.64. The highest BCUT2D eigenvalue weighted by Crippen LogP contribution is 2.48. The number of rotatable bonds is 3. The molecule has 0 atom stereocenters. The lowest BCUT2D eigenvalue weighted by Gasteiger charge is -2.43. The van der Waals surface area contributed by atoms with Gasteiger partial charge >= 0.3 is 0 Å². The average molecular weight is 286 g/mol. The van der Waals surface area contributed by atoms with Crippen molar-refractivity contribution < 1.29 is 0 Å². The van der Waals surface area contributed by atoms with Gasteiger partial charge in [0.1, 0.15) is 0 Å². The lowest BCUT2D eigenvalue weighted by Crippen LogP contribution is -2.42. The molecule has 0 aromatic heterocycles. The van der Waals surface area contributed by atoms with Crippen molar-refractivity contribution >= 4 is 27.7 Å². The van der Waals surface area contributed by atoms with Crippen molar-refractivity contribution in [2.75, 3.05) is 12.8 Å². The molecule has 0 radical (unpaired) electrons. The number of thioether (sulfide) groups is 1. The molecule has 15 heavy (non-hydrogen) atoms. The van der Waals surface area contributed by atoms with E-state index >= 15 is 0 Å². The minimum absolute atomic E-state index is 0.248. The summed E-state index contributed by atoms with van der Waals surface area (Å²) in [5, 5.41) is 0. The quantitative estimate of drug-likeness (QED) is 0.860. The Kier molecular flexibility index (Phi) is 3.43. The van der Waals surface area contributed by atoms with Crippen LogP contribution in [0.5, 0.6) is 0 Å². The average Bonchev–Trinajstić information content (AvgIpc) is 2.19. The van der Waals surface area contributed by atoms with Crippen molar-refractivity contribution in [2.24, 2.45) is 5.73 Å². The normalized spacial score (nSPS) is 18.6. The number of hydrogen-bond donors (Lipinski definition) is 1. The molecule has 0 unspecified atom stereocenters. The van der Waals surface area contributed by atoms with E-state index in [1.165, 1.54) is 34.2 Å². The Morgan fingerprint density at radius 1 is 1.47 bits per heavy atom. The van der Waals surface area contributed by atoms with Gasteiger partial charge in [-0.05, 0) is 36.8 Å². The van der Waals surface area contributed by atoms with Crippen LogP contribution in [0.15, 0.2) is 27.6 Å². The Labute approximate surface area is 104 Å². The summed E-state index contributed by atoms with van der Waals surface area (Å²) in [7, 11) is 0. The molecule has 82 valence electrons. The van der Waals surface area contributed by atoms with Crippen molar-refractivity contribution in [3.8, 4) is 0 Å². The molecule has 1 aromatic rings. The maximum Gasteiger partial charge on any atom is 0.0224 e. The molecule has 1 aliphatic carbocycles. The summed E-state index contributed by atoms with van der Waals surface area (Å²) in [4.78, 5) is 1.37. The molecule has 0 bridgehead atoms. The number of nitrogens with two attached hydrogens (primary N) is 1. The molecule has 2 rings (SSSR count). The fourth-order valence-corrected chi connectivity index (χ4v) is 4.01. The van der Waals surface area contributed by atoms with E-state index in [2.05, 4.69) is 40.4 Å². The van der Waals surface area contributed by atoms with Crippen molar-refractivity contribution in [1.82, 2.24) is 0 Å². The van der Waals surface area contributed by atoms with Crippen molar-refractivity contribution in [2.45, 2.75) is 29.6 Å². The summed E-state index contributed by atoms with van der Waals surface area (Å²) in [5.41, 5.74) is 7.65. The van der Waals surface area contributed by atoms with E-state index in [1.807, 2.05) is 11.8 Å². The molecule has 0 spiro atoms. The van der Waals surface area contributed by atoms with Gasteiger partial charge in [0.15, 0.2) is 0 Å². The van der Waals surface area contributed by atoms with Crippen LogP contribution in [0, 0.1) is 0 Å². The summed E-state index contributed by atoms with van der Waals surface area (Å²) in [6, 6.07) is 6.42. The van der Waals surface area contributed by atoms with E-state index in [4.69, 9.17) is 5.73 Å². The molecular formula is C12H16BrNS. The fraction of sp³-hybridized carbons (Fsp3) is 0.500. The van der Waals surface area contributed by atoms with Crippen LogP contribution in [-0.4, -0.2) is 12.8 Å². The second-order valence-electron chi connectivity index (χ2n) is 4.16. The molecule has 1 fully saturated rings. The second-order valence-corrected chi connectivity index (χ2v) is 5.86. The van der Waals surface area contributed by atoms with Crippen LogP contribution >= 0.6 is 27.7 Å². The topological polar surface area (TPSA) is 26.0 Å². The van der Waals surface area contributed by atoms with Gasteiger partial charge in [0, 0.05) is 21.3 Å². The molecule has 1 aromatic carbocycles. The van der Waals surface area contributed by atoms with E-state index < -0.39 is 0 Å². The van der Waals surface area contributed by atoms with Gasteiger partial charge in [-0.2, -0.15) is 0 Å². The van der Waals surface area contributed by atoms with Gasteiger partial charge in [-0.15, -0.1) is 11.8 Å². The first-order valence-electron chi connectivity index (χ1n) is 5.26. The summed E-state index contributed by atoms with van der Waals surface area (Å²) in [5.74, 6) is 0. The first-order valence-corrected chi connectivity index (χ1v) is 7.28. The minimum Gasteiger partial charge on any atom is -0.330 e. The maximum atomic E-state index is 5.96. The van der Waals surface area contributed by atoms with Crippen molar-refractivity contribution in [3.63, 3.8) is 0 Å². The van der Waals surface area contributed by atoms with Gasteiger partial charge in [-0.3, -0.25) is 0 Å². The molecular weight excluding hydrogens is 270 g/mol. The van der Waals surface area contributed by atoms with E-state index in [0.29, 0.717) is 0 Å². The molecule has 0 amide bonds. The lowest BCUT2D eigenvalue weighted by molar-refractivity contribution is 0.247. The maximum absolute atomic E-state index is 5.96. The Balaban J connectivity index is 2.49. The highest BCUT2D eigenvalue weighted by molar-refractivity contribution is 9.10. The van der Waals surface area contributed by atoms with Gasteiger partial charge in [0.25, 0.3) is 0 Å². The van der Waals surface area contributed by atoms with Crippen LogP contribution in [0.1, 0.15) is 24.8 Å². The molecule has 2 N–H and O–H groups in total. The Morgan fingerprint density at radius 2 is 2.20 bits per heavy atom. The largest absolute Gasteiger partial charge is 0.330 e. The number of halogens is 1. The summed E-state index contributed by atoms with van der Waals surface area (Å²) in [6.45, 7) is 0.767. The third-order valence-electron chi connectivity index (χ3n) is 3.43. The van der Waals surface area contributed by atoms with E-state index in [9.17, 15) is 0 Å². The molecule has 1 aliphatic rings. The zero-order valence-electron chi connectivity index (χ0n) is 8.92. The monoisotopic (exact) mass is 285 g/mol. The van der Waals surface area contributed by atoms with E-state index in [-0.39, 0.29) is 5.41 Å². The van der Waals surface area contributed by atoms with Crippen LogP contribution in [0.2, 0.25) is 0 Å². The van der Waals surface area contributed by atoms with Crippen LogP contribution in [-0.2, 0) is 5.41 Å². The smallest absolute Gasteiger partial charge is 0.0224 e. The van der Waals surface area contributed by atoms with Crippen molar-refractivity contribution in [3.05, 3.63) is 28.2 Å². The molecule has 3 heteroatoms. The Hall–Kier alpha value is 0.01000. The minimum atomic E-state index is 0.248. The first kappa shape index (κ1) is 11.5. The predicted molar refractivity (Wildman–Crippen MR) is 70.5 cm³/mol. The third kappa shape index (κ3) is 1.85. The second kappa shape index (κ2) is 4.48. The van der Waals surface area contributed by atoms with Crippen LogP contribution < -0.4 is 5.73 Å². The number of hydrogen-bond acceptors (Lipinski definition) is 2. The van der Waals surface area contributed by atoms with Gasteiger partial charge in [0.2, 0.25) is 0 Å². The SMILES string of the molecule is CSc1cccc(Br)c1C1(CN)CCC1. The van der Waals surface area contributed by atoms with Crippen LogP contribution in [0.4, 0.5) is 0 Å². The highest BCUT2D eigenvalue weighted by Gasteiger charge is 2.40. The molecule has 1 nitrogen and oxygen atoms in total. The predicted octanol–water partition coefficient (Wildman–Crippen LogP) is 3.55. The molecule has 1 saturated carbocycles. The van der Waals surface area contributed by atoms with Gasteiger partial charge < -0.3 is 5.73 Å². The van der Waals surface area contributed by atoms with Gasteiger partial charge in [0.05, 0.1) is 0 Å². The highest BCUT2D eigenvalue weighted by atomic mass is 79.9. The van der Waals surface area contributed by atoms with Crippen molar-refractivity contribution in [1.29, 1.82) is 0 Å². The van der Waals surface area contributed by atoms with E-state index in [1.54, 1.807) is 0 Å². The molecule has 0 saturated heterocycles. The summed E-state index contributed by atoms with van der Waals surface area (Å²) < 4.78 is 1.22. The summed E-state index contributed by atoms with van der Waals surface area (Å²) in [6.07, 6.45) is 5.92. The van der Waals surface area contributed by atoms with Crippen LogP contribution in [0.3, 0.4) is 0 Å². The zero-order valence-corrected chi connectivity index (χ0v) is 11.3. The van der Waals surface area contributed by atoms with E-state index in [0.717, 1.165) is 6.54 Å². The molecule has 0 aliphatic heterocycles. The molecule has 0 heterocycles. The Bertz CT molecular complexity index is 355.